The predicted molar refractivity (Wildman–Crippen MR) is 78.7 cm³/mol. The summed E-state index contributed by atoms with van der Waals surface area (Å²) in [4.78, 5) is 15.7. The third-order valence-corrected chi connectivity index (χ3v) is 4.73. The van der Waals surface area contributed by atoms with Crippen LogP contribution in [0.15, 0.2) is 34.3 Å². The van der Waals surface area contributed by atoms with Gasteiger partial charge in [0.05, 0.1) is 18.8 Å². The van der Waals surface area contributed by atoms with Crippen LogP contribution >= 0.6 is 11.3 Å². The number of hydrogen-bond donors (Lipinski definition) is 1. The Labute approximate surface area is 122 Å². The molecular weight excluding hydrogens is 272 g/mol. The van der Waals surface area contributed by atoms with Gasteiger partial charge in [-0.25, -0.2) is 4.79 Å². The summed E-state index contributed by atoms with van der Waals surface area (Å²) in [6.45, 7) is 3.36. The molecule has 2 aromatic heterocycles. The molecule has 20 heavy (non-hydrogen) atoms. The van der Waals surface area contributed by atoms with Crippen LogP contribution < -0.4 is 5.32 Å². The minimum Gasteiger partial charge on any atom is -0.467 e. The van der Waals surface area contributed by atoms with Crippen LogP contribution in [0.2, 0.25) is 0 Å². The van der Waals surface area contributed by atoms with Crippen molar-refractivity contribution in [2.24, 2.45) is 0 Å². The summed E-state index contributed by atoms with van der Waals surface area (Å²) < 4.78 is 5.24. The van der Waals surface area contributed by atoms with E-state index in [-0.39, 0.29) is 12.1 Å². The van der Waals surface area contributed by atoms with Crippen molar-refractivity contribution in [2.45, 2.75) is 32.4 Å². The number of thiophene rings is 1. The second kappa shape index (κ2) is 5.71. The molecular formula is C15H18N2O2S. The monoisotopic (exact) mass is 290 g/mol. The van der Waals surface area contributed by atoms with Crippen molar-refractivity contribution < 1.29 is 9.21 Å². The van der Waals surface area contributed by atoms with E-state index in [1.54, 1.807) is 17.6 Å². The summed E-state index contributed by atoms with van der Waals surface area (Å²) in [6, 6.07) is 6.03. The lowest BCUT2D eigenvalue weighted by molar-refractivity contribution is 0.166. The third-order valence-electron chi connectivity index (χ3n) is 3.74. The number of furan rings is 1. The van der Waals surface area contributed by atoms with E-state index in [1.807, 2.05) is 17.0 Å². The molecule has 4 nitrogen and oxygen atoms in total. The number of nitrogens with zero attached hydrogens (tertiary/aromatic N) is 1. The first-order valence-corrected chi connectivity index (χ1v) is 7.80. The number of rotatable bonds is 3. The molecule has 1 atom stereocenters. The summed E-state index contributed by atoms with van der Waals surface area (Å²) in [6.07, 6.45) is 3.52. The summed E-state index contributed by atoms with van der Waals surface area (Å²) in [5.74, 6) is 0.777. The van der Waals surface area contributed by atoms with E-state index in [9.17, 15) is 4.79 Å². The topological polar surface area (TPSA) is 45.5 Å². The Balaban J connectivity index is 1.68. The average Bonchev–Trinajstić information content (AvgIpc) is 3.14. The van der Waals surface area contributed by atoms with Gasteiger partial charge in [0.25, 0.3) is 0 Å². The number of amides is 2. The van der Waals surface area contributed by atoms with Crippen LogP contribution in [0.5, 0.6) is 0 Å². The van der Waals surface area contributed by atoms with Gasteiger partial charge in [0.15, 0.2) is 0 Å². The number of fused-ring (bicyclic) bond motifs is 1. The molecule has 3 rings (SSSR count). The van der Waals surface area contributed by atoms with Gasteiger partial charge in [0.2, 0.25) is 0 Å². The van der Waals surface area contributed by atoms with Crippen LogP contribution in [0.1, 0.15) is 35.6 Å². The standard InChI is InChI=1S/C15H18N2O2S/c1-2-13-12-6-9-20-14(12)5-7-17(13)15(18)16-10-11-4-3-8-19-11/h3-4,6,8-9,13H,2,5,7,10H2,1H3,(H,16,18)/t13-/m1/s1. The fourth-order valence-corrected chi connectivity index (χ4v) is 3.69. The van der Waals surface area contributed by atoms with Crippen LogP contribution in [-0.4, -0.2) is 17.5 Å². The Kier molecular flexibility index (Phi) is 3.78. The zero-order valence-corrected chi connectivity index (χ0v) is 12.3. The lowest BCUT2D eigenvalue weighted by atomic mass is 9.98. The van der Waals surface area contributed by atoms with Gasteiger partial charge in [-0.05, 0) is 42.0 Å². The normalized spacial score (nSPS) is 17.9. The molecule has 1 aliphatic rings. The SMILES string of the molecule is CC[C@@H]1c2ccsc2CCN1C(=O)NCc1ccco1. The molecule has 0 spiro atoms. The molecule has 106 valence electrons. The van der Waals surface area contributed by atoms with E-state index in [1.165, 1.54) is 10.4 Å². The number of carbonyl (C=O) groups is 1. The summed E-state index contributed by atoms with van der Waals surface area (Å²) >= 11 is 1.80. The zero-order valence-electron chi connectivity index (χ0n) is 11.5. The minimum absolute atomic E-state index is 0.00917. The smallest absolute Gasteiger partial charge is 0.318 e. The second-order valence-corrected chi connectivity index (χ2v) is 5.91. The summed E-state index contributed by atoms with van der Waals surface area (Å²) in [5.41, 5.74) is 1.32. The van der Waals surface area contributed by atoms with Crippen LogP contribution in [-0.2, 0) is 13.0 Å². The molecule has 1 aliphatic heterocycles. The fraction of sp³-hybridized carbons (Fsp3) is 0.400. The van der Waals surface area contributed by atoms with E-state index in [4.69, 9.17) is 4.42 Å². The molecule has 0 unspecified atom stereocenters. The molecule has 3 heterocycles. The first-order chi connectivity index (χ1) is 9.79. The van der Waals surface area contributed by atoms with E-state index < -0.39 is 0 Å². The number of hydrogen-bond acceptors (Lipinski definition) is 3. The van der Waals surface area contributed by atoms with E-state index in [2.05, 4.69) is 23.7 Å². The Hall–Kier alpha value is -1.75. The lowest BCUT2D eigenvalue weighted by Gasteiger charge is -2.35. The van der Waals surface area contributed by atoms with Crippen molar-refractivity contribution in [3.8, 4) is 0 Å². The van der Waals surface area contributed by atoms with Crippen molar-refractivity contribution in [3.05, 3.63) is 46.0 Å². The quantitative estimate of drug-likeness (QED) is 0.939. The van der Waals surface area contributed by atoms with Crippen molar-refractivity contribution in [1.82, 2.24) is 10.2 Å². The van der Waals surface area contributed by atoms with Crippen molar-refractivity contribution >= 4 is 17.4 Å². The molecule has 2 aromatic rings. The van der Waals surface area contributed by atoms with E-state index in [0.29, 0.717) is 6.54 Å². The van der Waals surface area contributed by atoms with Gasteiger partial charge in [-0.1, -0.05) is 6.92 Å². The molecule has 0 fully saturated rings. The largest absolute Gasteiger partial charge is 0.467 e. The lowest BCUT2D eigenvalue weighted by Crippen LogP contribution is -2.44. The highest BCUT2D eigenvalue weighted by Gasteiger charge is 2.30. The van der Waals surface area contributed by atoms with Crippen LogP contribution in [0.25, 0.3) is 0 Å². The molecule has 0 radical (unpaired) electrons. The highest BCUT2D eigenvalue weighted by atomic mass is 32.1. The number of nitrogens with one attached hydrogen (secondary N) is 1. The van der Waals surface area contributed by atoms with E-state index >= 15 is 0 Å². The zero-order chi connectivity index (χ0) is 13.9. The van der Waals surface area contributed by atoms with Gasteiger partial charge in [0.1, 0.15) is 5.76 Å². The van der Waals surface area contributed by atoms with Crippen molar-refractivity contribution in [2.75, 3.05) is 6.54 Å². The maximum atomic E-state index is 12.4. The van der Waals surface area contributed by atoms with Gasteiger partial charge in [-0.2, -0.15) is 0 Å². The molecule has 2 amide bonds. The van der Waals surface area contributed by atoms with Gasteiger partial charge in [-0.3, -0.25) is 0 Å². The molecule has 1 N–H and O–H groups in total. The van der Waals surface area contributed by atoms with Crippen LogP contribution in [0.4, 0.5) is 4.79 Å². The number of carbonyl (C=O) groups excluding carboxylic acids is 1. The molecule has 0 aromatic carbocycles. The summed E-state index contributed by atoms with van der Waals surface area (Å²) in [5, 5.41) is 5.06. The Bertz CT molecular complexity index is 576. The van der Waals surface area contributed by atoms with Crippen LogP contribution in [0, 0.1) is 0 Å². The maximum absolute atomic E-state index is 12.4. The summed E-state index contributed by atoms with van der Waals surface area (Å²) in [7, 11) is 0. The fourth-order valence-electron chi connectivity index (χ4n) is 2.76. The predicted octanol–water partition coefficient (Wildman–Crippen LogP) is 3.56. The maximum Gasteiger partial charge on any atom is 0.318 e. The molecule has 5 heteroatoms. The van der Waals surface area contributed by atoms with Gasteiger partial charge < -0.3 is 14.6 Å². The van der Waals surface area contributed by atoms with Crippen molar-refractivity contribution in [3.63, 3.8) is 0 Å². The first kappa shape index (κ1) is 13.2. The minimum atomic E-state index is -0.00917. The van der Waals surface area contributed by atoms with E-state index in [0.717, 1.165) is 25.1 Å². The average molecular weight is 290 g/mol. The Morgan fingerprint density at radius 2 is 2.45 bits per heavy atom. The second-order valence-electron chi connectivity index (χ2n) is 4.90. The number of urea groups is 1. The highest BCUT2D eigenvalue weighted by Crippen LogP contribution is 2.35. The first-order valence-electron chi connectivity index (χ1n) is 6.92. The molecule has 0 bridgehead atoms. The Morgan fingerprint density at radius 1 is 1.55 bits per heavy atom. The Morgan fingerprint density at radius 3 is 3.20 bits per heavy atom. The molecule has 0 saturated heterocycles. The van der Waals surface area contributed by atoms with Crippen molar-refractivity contribution in [1.29, 1.82) is 0 Å². The molecule has 0 aliphatic carbocycles. The van der Waals surface area contributed by atoms with Gasteiger partial charge in [-0.15, -0.1) is 11.3 Å². The van der Waals surface area contributed by atoms with Gasteiger partial charge >= 0.3 is 6.03 Å². The van der Waals surface area contributed by atoms with Gasteiger partial charge in [0, 0.05) is 11.4 Å². The third kappa shape index (κ3) is 2.45. The molecule has 0 saturated carbocycles. The highest BCUT2D eigenvalue weighted by molar-refractivity contribution is 7.10. The van der Waals surface area contributed by atoms with Crippen LogP contribution in [0.3, 0.4) is 0 Å².